The number of benzene rings is 12. The zero-order valence-electron chi connectivity index (χ0n) is 45.1. The van der Waals surface area contributed by atoms with Crippen LogP contribution in [0.2, 0.25) is 0 Å². The minimum Gasteiger partial charge on any atom is -0.338 e. The van der Waals surface area contributed by atoms with Crippen molar-refractivity contribution in [3.8, 4) is 44.5 Å². The summed E-state index contributed by atoms with van der Waals surface area (Å²) in [7, 11) is 0. The standard InChI is InChI=1S/C78H59N3/c1-9-25-57(26-10-1)72-55-73(58-27-11-2-12-28-58)77-70-51-45-60(56-41-46-67(47-42-56)79(61-29-13-3-14-30-61)62-31-15-4-16-32-62)53-74(70)75-54-69(81(65-37-21-7-22-38-65)66-39-23-8-24-40-66)50-52-71(75)78(77)76(72)59-43-48-68(49-44-59)80(63-33-17-5-18-34-63)64-35-19-6-20-36-64/h1-15,17-29,31,33-55,61H,16,30,32H2. The van der Waals surface area contributed by atoms with Crippen LogP contribution in [0.4, 0.5) is 39.8 Å². The van der Waals surface area contributed by atoms with Gasteiger partial charge in [-0.05, 0) is 199 Å². The van der Waals surface area contributed by atoms with Crippen LogP contribution in [-0.2, 0) is 0 Å². The Kier molecular flexibility index (Phi) is 13.3. The number of nitrogens with zero attached hydrogens (tertiary/aromatic N) is 3. The topological polar surface area (TPSA) is 9.72 Å². The van der Waals surface area contributed by atoms with Gasteiger partial charge in [0.05, 0.1) is 6.04 Å². The molecule has 386 valence electrons. The SMILES string of the molecule is C1=CCCC(N(c2ccc(-c3ccc4c(c3)c3cc(N(c5ccccc5)c5ccccc5)ccc3c3c(-c5ccc(N(c6ccccc6)c6ccccc6)cc5)c(-c5ccccc5)cc(-c5ccccc5)c43)cc2)C2C=CC=CC2)=C1. The average Bonchev–Trinajstić information content (AvgIpc) is 3.39. The average molecular weight is 1040 g/mol. The summed E-state index contributed by atoms with van der Waals surface area (Å²) in [5.41, 5.74) is 18.6. The van der Waals surface area contributed by atoms with Crippen LogP contribution in [0.1, 0.15) is 19.3 Å². The minimum atomic E-state index is 0.266. The maximum absolute atomic E-state index is 2.54. The van der Waals surface area contributed by atoms with Crippen molar-refractivity contribution >= 4 is 72.1 Å². The Hall–Kier alpha value is -10.2. The van der Waals surface area contributed by atoms with Crippen molar-refractivity contribution in [2.75, 3.05) is 14.7 Å². The van der Waals surface area contributed by atoms with E-state index in [-0.39, 0.29) is 6.04 Å². The monoisotopic (exact) mass is 1040 g/mol. The molecule has 0 bridgehead atoms. The molecule has 1 atom stereocenters. The summed E-state index contributed by atoms with van der Waals surface area (Å²) in [4.78, 5) is 7.27. The molecule has 0 saturated heterocycles. The molecule has 0 amide bonds. The van der Waals surface area contributed by atoms with Gasteiger partial charge in [-0.25, -0.2) is 0 Å². The van der Waals surface area contributed by atoms with Crippen LogP contribution >= 0.6 is 0 Å². The molecule has 3 nitrogen and oxygen atoms in total. The molecule has 0 spiro atoms. The Balaban J connectivity index is 1.04. The van der Waals surface area contributed by atoms with Crippen LogP contribution in [0.3, 0.4) is 0 Å². The Morgan fingerprint density at radius 2 is 0.778 bits per heavy atom. The van der Waals surface area contributed by atoms with Crippen molar-refractivity contribution in [1.29, 1.82) is 0 Å². The van der Waals surface area contributed by atoms with Crippen molar-refractivity contribution in [3.05, 3.63) is 321 Å². The van der Waals surface area contributed by atoms with Gasteiger partial charge in [-0.2, -0.15) is 0 Å². The molecule has 0 aromatic heterocycles. The first-order valence-corrected chi connectivity index (χ1v) is 28.3. The summed E-state index contributed by atoms with van der Waals surface area (Å²) in [6.07, 6.45) is 18.8. The van der Waals surface area contributed by atoms with Crippen molar-refractivity contribution in [3.63, 3.8) is 0 Å². The van der Waals surface area contributed by atoms with Gasteiger partial charge in [0.25, 0.3) is 0 Å². The molecule has 0 saturated carbocycles. The molecule has 0 radical (unpaired) electrons. The lowest BCUT2D eigenvalue weighted by Gasteiger charge is -2.35. The molecular formula is C78H59N3. The summed E-state index contributed by atoms with van der Waals surface area (Å²) in [5.74, 6) is 0. The molecule has 0 N–H and O–H groups in total. The van der Waals surface area contributed by atoms with Crippen LogP contribution in [0, 0.1) is 0 Å². The van der Waals surface area contributed by atoms with Crippen LogP contribution in [-0.4, -0.2) is 6.04 Å². The first-order chi connectivity index (χ1) is 40.2. The van der Waals surface area contributed by atoms with Gasteiger partial charge in [0.15, 0.2) is 0 Å². The van der Waals surface area contributed by atoms with E-state index in [1.165, 1.54) is 82.6 Å². The molecule has 81 heavy (non-hydrogen) atoms. The summed E-state index contributed by atoms with van der Waals surface area (Å²) >= 11 is 0. The molecule has 12 aromatic rings. The molecular weight excluding hydrogens is 979 g/mol. The number of hydrogen-bond acceptors (Lipinski definition) is 3. The smallest absolute Gasteiger partial charge is 0.0556 e. The van der Waals surface area contributed by atoms with Gasteiger partial charge in [-0.3, -0.25) is 0 Å². The molecule has 2 aliphatic rings. The summed E-state index contributed by atoms with van der Waals surface area (Å²) < 4.78 is 0. The van der Waals surface area contributed by atoms with E-state index in [1.807, 2.05) is 0 Å². The third kappa shape index (κ3) is 9.49. The zero-order valence-corrected chi connectivity index (χ0v) is 45.1. The van der Waals surface area contributed by atoms with Gasteiger partial charge in [-0.1, -0.05) is 212 Å². The maximum Gasteiger partial charge on any atom is 0.0556 e. The molecule has 0 fully saturated rings. The van der Waals surface area contributed by atoms with Gasteiger partial charge >= 0.3 is 0 Å². The second-order valence-electron chi connectivity index (χ2n) is 21.0. The lowest BCUT2D eigenvalue weighted by Crippen LogP contribution is -2.33. The van der Waals surface area contributed by atoms with Gasteiger partial charge in [0.1, 0.15) is 0 Å². The second kappa shape index (κ2) is 21.9. The van der Waals surface area contributed by atoms with E-state index in [1.54, 1.807) is 0 Å². The molecule has 1 unspecified atom stereocenters. The van der Waals surface area contributed by atoms with Crippen molar-refractivity contribution < 1.29 is 0 Å². The first-order valence-electron chi connectivity index (χ1n) is 28.3. The quantitative estimate of drug-likeness (QED) is 0.107. The van der Waals surface area contributed by atoms with E-state index in [2.05, 4.69) is 330 Å². The highest BCUT2D eigenvalue weighted by molar-refractivity contribution is 6.33. The fraction of sp³-hybridized carbons (Fsp3) is 0.0513. The Morgan fingerprint density at radius 3 is 1.33 bits per heavy atom. The lowest BCUT2D eigenvalue weighted by atomic mass is 9.81. The first kappa shape index (κ1) is 49.1. The minimum absolute atomic E-state index is 0.266. The van der Waals surface area contributed by atoms with E-state index < -0.39 is 0 Å². The maximum atomic E-state index is 2.54. The molecule has 0 heterocycles. The van der Waals surface area contributed by atoms with Gasteiger partial charge in [0.2, 0.25) is 0 Å². The van der Waals surface area contributed by atoms with E-state index in [0.717, 1.165) is 59.0 Å². The lowest BCUT2D eigenvalue weighted by molar-refractivity contribution is 0.720. The number of anilines is 7. The largest absolute Gasteiger partial charge is 0.338 e. The Labute approximate surface area is 475 Å². The van der Waals surface area contributed by atoms with Gasteiger partial charge in [0, 0.05) is 45.5 Å². The molecule has 3 heteroatoms. The second-order valence-corrected chi connectivity index (χ2v) is 21.0. The molecule has 2 aliphatic carbocycles. The summed E-state index contributed by atoms with van der Waals surface area (Å²) in [5, 5.41) is 7.25. The Bertz CT molecular complexity index is 4240. The van der Waals surface area contributed by atoms with Gasteiger partial charge < -0.3 is 14.7 Å². The third-order valence-corrected chi connectivity index (χ3v) is 16.1. The highest BCUT2D eigenvalue weighted by Crippen LogP contribution is 2.51. The van der Waals surface area contributed by atoms with E-state index in [0.29, 0.717) is 0 Å². The van der Waals surface area contributed by atoms with Crippen molar-refractivity contribution in [2.45, 2.75) is 25.3 Å². The molecule has 0 aliphatic heterocycles. The predicted molar refractivity (Wildman–Crippen MR) is 346 cm³/mol. The van der Waals surface area contributed by atoms with Crippen LogP contribution in [0.5, 0.6) is 0 Å². The number of allylic oxidation sites excluding steroid dienone is 6. The number of hydrogen-bond donors (Lipinski definition) is 0. The molecule has 14 rings (SSSR count). The van der Waals surface area contributed by atoms with E-state index >= 15 is 0 Å². The molecule has 12 aromatic carbocycles. The normalized spacial score (nSPS) is 13.8. The number of rotatable bonds is 13. The zero-order chi connectivity index (χ0) is 53.9. The predicted octanol–water partition coefficient (Wildman–Crippen LogP) is 21.7. The van der Waals surface area contributed by atoms with E-state index in [9.17, 15) is 0 Å². The fourth-order valence-corrected chi connectivity index (χ4v) is 12.4. The van der Waals surface area contributed by atoms with Crippen LogP contribution in [0.15, 0.2) is 321 Å². The van der Waals surface area contributed by atoms with Crippen LogP contribution < -0.4 is 14.7 Å². The number of para-hydroxylation sites is 4. The third-order valence-electron chi connectivity index (χ3n) is 16.1. The number of fused-ring (bicyclic) bond motifs is 6. The van der Waals surface area contributed by atoms with Crippen molar-refractivity contribution in [1.82, 2.24) is 0 Å². The highest BCUT2D eigenvalue weighted by Gasteiger charge is 2.25. The van der Waals surface area contributed by atoms with E-state index in [4.69, 9.17) is 0 Å². The van der Waals surface area contributed by atoms with Crippen molar-refractivity contribution in [2.24, 2.45) is 0 Å². The Morgan fingerprint density at radius 1 is 0.309 bits per heavy atom. The summed E-state index contributed by atoms with van der Waals surface area (Å²) in [6, 6.07) is 101. The van der Waals surface area contributed by atoms with Gasteiger partial charge in [-0.15, -0.1) is 0 Å². The highest BCUT2D eigenvalue weighted by atomic mass is 15.2. The fourth-order valence-electron chi connectivity index (χ4n) is 12.4. The van der Waals surface area contributed by atoms with Crippen LogP contribution in [0.25, 0.3) is 76.8 Å². The summed E-state index contributed by atoms with van der Waals surface area (Å²) in [6.45, 7) is 0.